The molecule has 11 heavy (non-hydrogen) atoms. The fraction of sp³-hybridized carbons (Fsp3) is 0.125. The van der Waals surface area contributed by atoms with Gasteiger partial charge in [0.15, 0.2) is 6.29 Å². The van der Waals surface area contributed by atoms with E-state index in [-0.39, 0.29) is 0 Å². The van der Waals surface area contributed by atoms with Crippen molar-refractivity contribution in [2.45, 2.75) is 6.04 Å². The molecule has 0 amide bonds. The molecule has 1 radical (unpaired) electrons. The fourth-order valence-electron chi connectivity index (χ4n) is 0.727. The van der Waals surface area contributed by atoms with Gasteiger partial charge >= 0.3 is 0 Å². The Balaban J connectivity index is 2.33. The molecule has 3 heteroatoms. The smallest absolute Gasteiger partial charge is 0.227 e. The second-order valence-corrected chi connectivity index (χ2v) is 3.25. The maximum absolute atomic E-state index is 9.82. The van der Waals surface area contributed by atoms with Crippen LogP contribution >= 0.6 is 0 Å². The van der Waals surface area contributed by atoms with E-state index in [1.165, 1.54) is 0 Å². The van der Waals surface area contributed by atoms with E-state index in [0.717, 1.165) is 5.75 Å². The molecule has 0 aromatic heterocycles. The molecule has 0 heterocycles. The zero-order valence-corrected chi connectivity index (χ0v) is 7.53. The van der Waals surface area contributed by atoms with Gasteiger partial charge in [-0.3, -0.25) is 4.79 Å². The van der Waals surface area contributed by atoms with Crippen LogP contribution in [0.2, 0.25) is 6.04 Å². The van der Waals surface area contributed by atoms with Gasteiger partial charge in [0.1, 0.15) is 5.75 Å². The Morgan fingerprint density at radius 3 is 2.73 bits per heavy atom. The first kappa shape index (κ1) is 8.01. The predicted octanol–water partition coefficient (Wildman–Crippen LogP) is 0.677. The van der Waals surface area contributed by atoms with Crippen LogP contribution in [0, 0.1) is 0 Å². The van der Waals surface area contributed by atoms with Crippen LogP contribution in [0.25, 0.3) is 0 Å². The molecule has 0 saturated carbocycles. The van der Waals surface area contributed by atoms with Crippen molar-refractivity contribution < 1.29 is 9.22 Å². The monoisotopic (exact) mass is 165 g/mol. The SMILES string of the molecule is O=[C]C[SiH2]Oc1ccccc1. The lowest BCUT2D eigenvalue weighted by Crippen LogP contribution is -2.01. The van der Waals surface area contributed by atoms with Crippen LogP contribution in [0.1, 0.15) is 0 Å². The van der Waals surface area contributed by atoms with Crippen LogP contribution in [0.4, 0.5) is 0 Å². The van der Waals surface area contributed by atoms with Gasteiger partial charge in [0.05, 0.1) is 0 Å². The van der Waals surface area contributed by atoms with E-state index in [2.05, 4.69) is 0 Å². The van der Waals surface area contributed by atoms with E-state index in [0.29, 0.717) is 6.04 Å². The topological polar surface area (TPSA) is 26.3 Å². The number of carbonyl (C=O) groups excluding carboxylic acids is 1. The van der Waals surface area contributed by atoms with Crippen LogP contribution in [-0.2, 0) is 4.79 Å². The Bertz CT molecular complexity index is 211. The van der Waals surface area contributed by atoms with Gasteiger partial charge in [-0.15, -0.1) is 0 Å². The second-order valence-electron chi connectivity index (χ2n) is 2.06. The molecule has 1 rings (SSSR count). The van der Waals surface area contributed by atoms with Gasteiger partial charge in [-0.05, 0) is 12.1 Å². The first-order valence-corrected chi connectivity index (χ1v) is 5.04. The van der Waals surface area contributed by atoms with Gasteiger partial charge in [-0.25, -0.2) is 0 Å². The van der Waals surface area contributed by atoms with E-state index in [1.807, 2.05) is 36.6 Å². The molecule has 1 aromatic carbocycles. The van der Waals surface area contributed by atoms with E-state index >= 15 is 0 Å². The third-order valence-electron chi connectivity index (χ3n) is 1.22. The van der Waals surface area contributed by atoms with Crippen molar-refractivity contribution >= 4 is 16.0 Å². The highest BCUT2D eigenvalue weighted by Gasteiger charge is 1.90. The normalized spacial score (nSPS) is 10.2. The van der Waals surface area contributed by atoms with Crippen molar-refractivity contribution in [1.29, 1.82) is 0 Å². The van der Waals surface area contributed by atoms with Crippen LogP contribution in [0.3, 0.4) is 0 Å². The lowest BCUT2D eigenvalue weighted by atomic mass is 10.3. The van der Waals surface area contributed by atoms with Crippen LogP contribution in [0.5, 0.6) is 5.75 Å². The van der Waals surface area contributed by atoms with E-state index in [4.69, 9.17) is 4.43 Å². The summed E-state index contributed by atoms with van der Waals surface area (Å²) >= 11 is 0. The lowest BCUT2D eigenvalue weighted by Gasteiger charge is -2.01. The predicted molar refractivity (Wildman–Crippen MR) is 46.1 cm³/mol. The summed E-state index contributed by atoms with van der Waals surface area (Å²) in [6, 6.07) is 9.99. The third kappa shape index (κ3) is 3.00. The quantitative estimate of drug-likeness (QED) is 0.484. The Kier molecular flexibility index (Phi) is 3.41. The highest BCUT2D eigenvalue weighted by molar-refractivity contribution is 6.33. The number of benzene rings is 1. The van der Waals surface area contributed by atoms with E-state index < -0.39 is 9.76 Å². The molecule has 0 aliphatic heterocycles. The molecule has 0 unspecified atom stereocenters. The molecule has 0 N–H and O–H groups in total. The van der Waals surface area contributed by atoms with Crippen molar-refractivity contribution in [1.82, 2.24) is 0 Å². The summed E-state index contributed by atoms with van der Waals surface area (Å²) in [5, 5.41) is 0. The Hall–Kier alpha value is -1.09. The van der Waals surface area contributed by atoms with E-state index in [1.54, 1.807) is 0 Å². The molecule has 0 aliphatic rings. The summed E-state index contributed by atoms with van der Waals surface area (Å²) in [6.07, 6.45) is 1.82. The molecule has 0 fully saturated rings. The van der Waals surface area contributed by atoms with E-state index in [9.17, 15) is 4.79 Å². The minimum Gasteiger partial charge on any atom is -0.549 e. The molecular weight excluding hydrogens is 156 g/mol. The summed E-state index contributed by atoms with van der Waals surface area (Å²) in [5.41, 5.74) is 0. The summed E-state index contributed by atoms with van der Waals surface area (Å²) in [4.78, 5) is 9.82. The van der Waals surface area contributed by atoms with Gasteiger partial charge < -0.3 is 4.43 Å². The Morgan fingerprint density at radius 2 is 2.09 bits per heavy atom. The van der Waals surface area contributed by atoms with Crippen molar-refractivity contribution in [3.05, 3.63) is 30.3 Å². The van der Waals surface area contributed by atoms with Crippen molar-refractivity contribution in [3.63, 3.8) is 0 Å². The number of para-hydroxylation sites is 1. The number of hydrogen-bond acceptors (Lipinski definition) is 2. The first-order chi connectivity index (χ1) is 5.43. The zero-order valence-electron chi connectivity index (χ0n) is 6.12. The van der Waals surface area contributed by atoms with Crippen molar-refractivity contribution in [3.8, 4) is 5.75 Å². The Labute approximate surface area is 68.1 Å². The summed E-state index contributed by atoms with van der Waals surface area (Å²) in [7, 11) is -0.711. The molecule has 2 nitrogen and oxygen atoms in total. The lowest BCUT2D eigenvalue weighted by molar-refractivity contribution is 0.554. The van der Waals surface area contributed by atoms with Crippen molar-refractivity contribution in [2.24, 2.45) is 0 Å². The summed E-state index contributed by atoms with van der Waals surface area (Å²) in [5.74, 6) is 0.856. The summed E-state index contributed by atoms with van der Waals surface area (Å²) in [6.45, 7) is 0. The molecule has 57 valence electrons. The molecular formula is C8H9O2Si. The maximum Gasteiger partial charge on any atom is 0.227 e. The van der Waals surface area contributed by atoms with Gasteiger partial charge in [-0.1, -0.05) is 18.2 Å². The molecule has 0 bridgehead atoms. The highest BCUT2D eigenvalue weighted by atomic mass is 28.2. The van der Waals surface area contributed by atoms with Crippen molar-refractivity contribution in [2.75, 3.05) is 0 Å². The summed E-state index contributed by atoms with van der Waals surface area (Å²) < 4.78 is 5.32. The van der Waals surface area contributed by atoms with Gasteiger partial charge in [-0.2, -0.15) is 0 Å². The third-order valence-corrected chi connectivity index (χ3v) is 2.16. The molecule has 0 atom stereocenters. The minimum atomic E-state index is -0.711. The van der Waals surface area contributed by atoms with Crippen LogP contribution in [-0.4, -0.2) is 16.0 Å². The standard InChI is InChI=1S/C8H9O2Si/c9-6-7-11-10-8-4-2-1-3-5-8/h1-5H,7,11H2. The maximum atomic E-state index is 9.82. The number of rotatable bonds is 4. The first-order valence-electron chi connectivity index (χ1n) is 3.46. The highest BCUT2D eigenvalue weighted by Crippen LogP contribution is 2.07. The van der Waals surface area contributed by atoms with Gasteiger partial charge in [0.25, 0.3) is 0 Å². The second kappa shape index (κ2) is 4.68. The molecule has 0 aliphatic carbocycles. The van der Waals surface area contributed by atoms with Gasteiger partial charge in [0, 0.05) is 6.04 Å². The van der Waals surface area contributed by atoms with Crippen LogP contribution in [0.15, 0.2) is 30.3 Å². The zero-order chi connectivity index (χ0) is 7.94. The van der Waals surface area contributed by atoms with Gasteiger partial charge in [0.2, 0.25) is 9.76 Å². The Morgan fingerprint density at radius 1 is 1.36 bits per heavy atom. The number of hydrogen-bond donors (Lipinski definition) is 0. The average Bonchev–Trinajstić information content (AvgIpc) is 2.07. The molecule has 0 spiro atoms. The molecule has 1 aromatic rings. The minimum absolute atomic E-state index is 0.467. The fourth-order valence-corrected chi connectivity index (χ4v) is 1.34. The average molecular weight is 165 g/mol. The van der Waals surface area contributed by atoms with Crippen LogP contribution < -0.4 is 4.43 Å². The largest absolute Gasteiger partial charge is 0.549 e. The molecule has 0 saturated heterocycles.